The second-order valence-electron chi connectivity index (χ2n) is 7.92. The van der Waals surface area contributed by atoms with E-state index in [0.29, 0.717) is 0 Å². The molecule has 0 aliphatic rings. The molecule has 0 spiro atoms. The van der Waals surface area contributed by atoms with Crippen LogP contribution in [-0.2, 0) is 8.85 Å². The fourth-order valence-corrected chi connectivity index (χ4v) is 8.64. The summed E-state index contributed by atoms with van der Waals surface area (Å²) in [6, 6.07) is 7.18. The van der Waals surface area contributed by atoms with Gasteiger partial charge in [-0.2, -0.15) is 0 Å². The van der Waals surface area contributed by atoms with Gasteiger partial charge < -0.3 is 8.85 Å². The first-order valence-electron chi connectivity index (χ1n) is 9.51. The SMILES string of the molecule is CC[Si](CC)(CC)OC(CC(C)(C)C)O[Si](CC)(CC)CC. The Morgan fingerprint density at radius 3 is 1.09 bits per heavy atom. The van der Waals surface area contributed by atoms with E-state index in [1.54, 1.807) is 0 Å². The molecule has 2 nitrogen and oxygen atoms in total. The van der Waals surface area contributed by atoms with Crippen LogP contribution in [0.4, 0.5) is 0 Å². The van der Waals surface area contributed by atoms with Crippen LogP contribution in [0.3, 0.4) is 0 Å². The van der Waals surface area contributed by atoms with Crippen molar-refractivity contribution in [2.75, 3.05) is 0 Å². The van der Waals surface area contributed by atoms with E-state index in [9.17, 15) is 0 Å². The molecule has 0 aromatic rings. The van der Waals surface area contributed by atoms with Crippen LogP contribution in [-0.4, -0.2) is 22.9 Å². The van der Waals surface area contributed by atoms with Crippen LogP contribution in [0.15, 0.2) is 0 Å². The van der Waals surface area contributed by atoms with Gasteiger partial charge in [0.1, 0.15) is 6.29 Å². The van der Waals surface area contributed by atoms with Crippen LogP contribution in [0.25, 0.3) is 0 Å². The highest BCUT2D eigenvalue weighted by Gasteiger charge is 2.38. The maximum Gasteiger partial charge on any atom is 0.195 e. The highest BCUT2D eigenvalue weighted by molar-refractivity contribution is 6.74. The summed E-state index contributed by atoms with van der Waals surface area (Å²) in [5.74, 6) is 0. The Morgan fingerprint density at radius 1 is 0.636 bits per heavy atom. The first-order valence-corrected chi connectivity index (χ1v) is 14.6. The lowest BCUT2D eigenvalue weighted by molar-refractivity contribution is -0.0403. The largest absolute Gasteiger partial charge is 0.393 e. The smallest absolute Gasteiger partial charge is 0.195 e. The summed E-state index contributed by atoms with van der Waals surface area (Å²) in [7, 11) is -3.24. The first kappa shape index (κ1) is 22.4. The van der Waals surface area contributed by atoms with Crippen molar-refractivity contribution < 1.29 is 8.85 Å². The highest BCUT2D eigenvalue weighted by Crippen LogP contribution is 2.33. The maximum absolute atomic E-state index is 6.77. The number of hydrogen-bond donors (Lipinski definition) is 0. The molecule has 0 saturated carbocycles. The Bertz CT molecular complexity index is 253. The van der Waals surface area contributed by atoms with Crippen LogP contribution in [0, 0.1) is 5.41 Å². The van der Waals surface area contributed by atoms with Crippen molar-refractivity contribution in [3.63, 3.8) is 0 Å². The molecule has 0 bridgehead atoms. The van der Waals surface area contributed by atoms with Crippen molar-refractivity contribution in [1.82, 2.24) is 0 Å². The summed E-state index contributed by atoms with van der Waals surface area (Å²) in [4.78, 5) is 0. The molecule has 134 valence electrons. The molecule has 0 heterocycles. The minimum absolute atomic E-state index is 0.0121. The zero-order valence-electron chi connectivity index (χ0n) is 16.8. The van der Waals surface area contributed by atoms with Gasteiger partial charge in [0.2, 0.25) is 0 Å². The minimum atomic E-state index is -1.62. The van der Waals surface area contributed by atoms with Crippen LogP contribution in [0.2, 0.25) is 36.3 Å². The van der Waals surface area contributed by atoms with E-state index in [0.717, 1.165) is 6.42 Å². The monoisotopic (exact) mass is 346 g/mol. The first-order chi connectivity index (χ1) is 10.1. The summed E-state index contributed by atoms with van der Waals surface area (Å²) in [5.41, 5.74) is 0.245. The molecule has 0 aromatic carbocycles. The summed E-state index contributed by atoms with van der Waals surface area (Å²) < 4.78 is 13.5. The van der Waals surface area contributed by atoms with Crippen LogP contribution >= 0.6 is 0 Å². The molecule has 0 amide bonds. The van der Waals surface area contributed by atoms with Gasteiger partial charge in [-0.1, -0.05) is 62.3 Å². The van der Waals surface area contributed by atoms with E-state index < -0.39 is 16.6 Å². The summed E-state index contributed by atoms with van der Waals surface area (Å²) in [6.45, 7) is 20.7. The quantitative estimate of drug-likeness (QED) is 0.303. The number of hydrogen-bond acceptors (Lipinski definition) is 2. The molecule has 0 unspecified atom stereocenters. The van der Waals surface area contributed by atoms with Gasteiger partial charge in [0.25, 0.3) is 0 Å². The maximum atomic E-state index is 6.77. The van der Waals surface area contributed by atoms with Gasteiger partial charge in [-0.25, -0.2) is 0 Å². The van der Waals surface area contributed by atoms with Crippen LogP contribution in [0.1, 0.15) is 68.7 Å². The summed E-state index contributed by atoms with van der Waals surface area (Å²) in [6.07, 6.45) is 1.02. The third kappa shape index (κ3) is 6.85. The average Bonchev–Trinajstić information content (AvgIpc) is 2.49. The third-order valence-corrected chi connectivity index (χ3v) is 14.7. The molecule has 0 N–H and O–H groups in total. The van der Waals surface area contributed by atoms with Crippen molar-refractivity contribution in [3.8, 4) is 0 Å². The fraction of sp³-hybridized carbons (Fsp3) is 1.00. The molecule has 0 rings (SSSR count). The van der Waals surface area contributed by atoms with Crippen LogP contribution < -0.4 is 0 Å². The molecule has 0 saturated heterocycles. The van der Waals surface area contributed by atoms with Gasteiger partial charge in [0, 0.05) is 6.42 Å². The van der Waals surface area contributed by atoms with E-state index in [2.05, 4.69) is 62.3 Å². The van der Waals surface area contributed by atoms with Gasteiger partial charge in [-0.15, -0.1) is 0 Å². The van der Waals surface area contributed by atoms with Gasteiger partial charge in [0.05, 0.1) is 0 Å². The molecular formula is C18H42O2Si2. The second-order valence-corrected chi connectivity index (χ2v) is 17.4. The molecule has 0 aliphatic carbocycles. The molecule has 0 radical (unpaired) electrons. The minimum Gasteiger partial charge on any atom is -0.393 e. The Kier molecular flexibility index (Phi) is 9.76. The predicted octanol–water partition coefficient (Wildman–Crippen LogP) is 6.79. The molecule has 0 aliphatic heterocycles. The van der Waals surface area contributed by atoms with Crippen molar-refractivity contribution in [3.05, 3.63) is 0 Å². The van der Waals surface area contributed by atoms with E-state index in [-0.39, 0.29) is 11.7 Å². The van der Waals surface area contributed by atoms with E-state index in [1.165, 1.54) is 36.3 Å². The predicted molar refractivity (Wildman–Crippen MR) is 104 cm³/mol. The molecular weight excluding hydrogens is 304 g/mol. The van der Waals surface area contributed by atoms with Gasteiger partial charge in [0.15, 0.2) is 16.6 Å². The van der Waals surface area contributed by atoms with Gasteiger partial charge >= 0.3 is 0 Å². The second kappa shape index (κ2) is 9.60. The molecule has 0 atom stereocenters. The van der Waals surface area contributed by atoms with Crippen molar-refractivity contribution in [2.24, 2.45) is 5.41 Å². The lowest BCUT2D eigenvalue weighted by Crippen LogP contribution is -2.47. The van der Waals surface area contributed by atoms with Crippen molar-refractivity contribution >= 4 is 16.6 Å². The Hall–Kier alpha value is 0.354. The lowest BCUT2D eigenvalue weighted by Gasteiger charge is -2.40. The van der Waals surface area contributed by atoms with E-state index in [4.69, 9.17) is 8.85 Å². The summed E-state index contributed by atoms with van der Waals surface area (Å²) in [5, 5.41) is 0. The Labute approximate surface area is 142 Å². The van der Waals surface area contributed by atoms with E-state index >= 15 is 0 Å². The summed E-state index contributed by atoms with van der Waals surface area (Å²) >= 11 is 0. The zero-order valence-corrected chi connectivity index (χ0v) is 18.8. The van der Waals surface area contributed by atoms with Crippen molar-refractivity contribution in [2.45, 2.75) is 111 Å². The third-order valence-electron chi connectivity index (χ3n) is 5.41. The van der Waals surface area contributed by atoms with Crippen molar-refractivity contribution in [1.29, 1.82) is 0 Å². The lowest BCUT2D eigenvalue weighted by atomic mass is 9.92. The van der Waals surface area contributed by atoms with Gasteiger partial charge in [-0.3, -0.25) is 0 Å². The molecule has 0 fully saturated rings. The van der Waals surface area contributed by atoms with Gasteiger partial charge in [-0.05, 0) is 41.7 Å². The normalized spacial score (nSPS) is 13.9. The Balaban J connectivity index is 5.28. The topological polar surface area (TPSA) is 18.5 Å². The standard InChI is InChI=1S/C18H42O2Si2/c1-10-21(11-2,12-3)19-17(16-18(7,8)9)20-22(13-4,14-5)15-6/h17H,10-16H2,1-9H3. The van der Waals surface area contributed by atoms with Crippen LogP contribution in [0.5, 0.6) is 0 Å². The number of rotatable bonds is 11. The molecule has 0 aromatic heterocycles. The Morgan fingerprint density at radius 2 is 0.909 bits per heavy atom. The highest BCUT2D eigenvalue weighted by atomic mass is 28.4. The average molecular weight is 347 g/mol. The fourth-order valence-electron chi connectivity index (χ4n) is 3.17. The van der Waals surface area contributed by atoms with E-state index in [1.807, 2.05) is 0 Å². The molecule has 4 heteroatoms. The zero-order chi connectivity index (χ0) is 17.4. The molecule has 22 heavy (non-hydrogen) atoms.